The van der Waals surface area contributed by atoms with Crippen molar-refractivity contribution in [1.29, 1.82) is 0 Å². The molecule has 2 rings (SSSR count). The zero-order valence-electron chi connectivity index (χ0n) is 13.7. The van der Waals surface area contributed by atoms with Gasteiger partial charge >= 0.3 is 0 Å². The Bertz CT molecular complexity index is 429. The van der Waals surface area contributed by atoms with Crippen LogP contribution in [0.5, 0.6) is 0 Å². The molecule has 0 bridgehead atoms. The summed E-state index contributed by atoms with van der Waals surface area (Å²) in [6, 6.07) is 7.48. The molecule has 1 aliphatic heterocycles. The average Bonchev–Trinajstić information content (AvgIpc) is 2.35. The van der Waals surface area contributed by atoms with Crippen molar-refractivity contribution in [1.82, 2.24) is 5.32 Å². The van der Waals surface area contributed by atoms with E-state index in [1.54, 1.807) is 0 Å². The van der Waals surface area contributed by atoms with Crippen molar-refractivity contribution in [3.8, 4) is 0 Å². The zero-order valence-corrected chi connectivity index (χ0v) is 13.7. The molecule has 0 aromatic heterocycles. The van der Waals surface area contributed by atoms with Crippen LogP contribution in [0.3, 0.4) is 0 Å². The molecule has 0 spiro atoms. The molecule has 0 radical (unpaired) electrons. The lowest BCUT2D eigenvalue weighted by molar-refractivity contribution is 0.356. The van der Waals surface area contributed by atoms with Crippen molar-refractivity contribution >= 4 is 5.69 Å². The van der Waals surface area contributed by atoms with Gasteiger partial charge in [-0.05, 0) is 42.4 Å². The van der Waals surface area contributed by atoms with Crippen molar-refractivity contribution < 1.29 is 0 Å². The summed E-state index contributed by atoms with van der Waals surface area (Å²) in [5, 5.41) is 3.49. The van der Waals surface area contributed by atoms with Crippen molar-refractivity contribution in [3.63, 3.8) is 0 Å². The summed E-state index contributed by atoms with van der Waals surface area (Å²) >= 11 is 0. The van der Waals surface area contributed by atoms with Crippen LogP contribution < -0.4 is 10.2 Å². The van der Waals surface area contributed by atoms with Gasteiger partial charge in [-0.25, -0.2) is 0 Å². The van der Waals surface area contributed by atoms with E-state index in [0.29, 0.717) is 6.04 Å². The first-order valence-corrected chi connectivity index (χ1v) is 8.03. The number of benzene rings is 1. The number of aryl methyl sites for hydroxylation is 1. The van der Waals surface area contributed by atoms with E-state index < -0.39 is 0 Å². The average molecular weight is 274 g/mol. The molecule has 112 valence electrons. The van der Waals surface area contributed by atoms with Crippen LogP contribution in [0.25, 0.3) is 0 Å². The van der Waals surface area contributed by atoms with E-state index in [9.17, 15) is 0 Å². The zero-order chi connectivity index (χ0) is 14.7. The predicted molar refractivity (Wildman–Crippen MR) is 88.3 cm³/mol. The molecule has 0 saturated carbocycles. The Balaban J connectivity index is 2.09. The molecular formula is C18H30N2. The van der Waals surface area contributed by atoms with Gasteiger partial charge in [0.25, 0.3) is 0 Å². The van der Waals surface area contributed by atoms with Crippen LogP contribution in [-0.4, -0.2) is 19.1 Å². The molecule has 2 atom stereocenters. The van der Waals surface area contributed by atoms with Crippen LogP contribution in [0.2, 0.25) is 0 Å². The highest BCUT2D eigenvalue weighted by Gasteiger charge is 2.22. The first kappa shape index (κ1) is 15.4. The lowest BCUT2D eigenvalue weighted by Gasteiger charge is -2.37. The second-order valence-corrected chi connectivity index (χ2v) is 7.01. The third kappa shape index (κ3) is 3.99. The van der Waals surface area contributed by atoms with Gasteiger partial charge in [-0.1, -0.05) is 39.8 Å². The lowest BCUT2D eigenvalue weighted by atomic mass is 9.91. The molecule has 2 nitrogen and oxygen atoms in total. The SMILES string of the molecule is Cc1cc(CNC(C)C)ccc1N1CC(C)CC(C)C1. The fourth-order valence-corrected chi connectivity index (χ4v) is 3.36. The normalized spacial score (nSPS) is 23.4. The molecule has 2 unspecified atom stereocenters. The number of nitrogens with zero attached hydrogens (tertiary/aromatic N) is 1. The number of anilines is 1. The second-order valence-electron chi connectivity index (χ2n) is 7.01. The van der Waals surface area contributed by atoms with Gasteiger partial charge in [-0.15, -0.1) is 0 Å². The van der Waals surface area contributed by atoms with Crippen LogP contribution in [0.1, 0.15) is 45.2 Å². The minimum absolute atomic E-state index is 0.541. The minimum atomic E-state index is 0.541. The fraction of sp³-hybridized carbons (Fsp3) is 0.667. The first-order chi connectivity index (χ1) is 9.45. The monoisotopic (exact) mass is 274 g/mol. The van der Waals surface area contributed by atoms with Gasteiger partial charge in [-0.3, -0.25) is 0 Å². The maximum atomic E-state index is 3.49. The Kier molecular flexibility index (Phi) is 5.09. The van der Waals surface area contributed by atoms with Crippen molar-refractivity contribution in [2.75, 3.05) is 18.0 Å². The smallest absolute Gasteiger partial charge is 0.0396 e. The van der Waals surface area contributed by atoms with Gasteiger partial charge in [0.1, 0.15) is 0 Å². The lowest BCUT2D eigenvalue weighted by Crippen LogP contribution is -2.39. The van der Waals surface area contributed by atoms with Gasteiger partial charge < -0.3 is 10.2 Å². The van der Waals surface area contributed by atoms with E-state index in [-0.39, 0.29) is 0 Å². The Morgan fingerprint density at radius 1 is 1.20 bits per heavy atom. The quantitative estimate of drug-likeness (QED) is 0.893. The van der Waals surface area contributed by atoms with Gasteiger partial charge in [0.2, 0.25) is 0 Å². The Hall–Kier alpha value is -1.02. The second kappa shape index (κ2) is 6.62. The molecule has 1 saturated heterocycles. The van der Waals surface area contributed by atoms with Crippen LogP contribution in [0, 0.1) is 18.8 Å². The summed E-state index contributed by atoms with van der Waals surface area (Å²) < 4.78 is 0. The van der Waals surface area contributed by atoms with Crippen LogP contribution >= 0.6 is 0 Å². The predicted octanol–water partition coefficient (Wildman–Crippen LogP) is 3.98. The Morgan fingerprint density at radius 2 is 1.85 bits per heavy atom. The highest BCUT2D eigenvalue weighted by atomic mass is 15.1. The summed E-state index contributed by atoms with van der Waals surface area (Å²) in [4.78, 5) is 2.58. The van der Waals surface area contributed by atoms with Crippen molar-refractivity contribution in [3.05, 3.63) is 29.3 Å². The van der Waals surface area contributed by atoms with Gasteiger partial charge in [-0.2, -0.15) is 0 Å². The summed E-state index contributed by atoms with van der Waals surface area (Å²) in [6.07, 6.45) is 1.37. The highest BCUT2D eigenvalue weighted by molar-refractivity contribution is 5.55. The fourth-order valence-electron chi connectivity index (χ4n) is 3.36. The van der Waals surface area contributed by atoms with Gasteiger partial charge in [0.15, 0.2) is 0 Å². The standard InChI is InChI=1S/C18H30N2/c1-13(2)19-10-17-6-7-18(16(5)9-17)20-11-14(3)8-15(4)12-20/h6-7,9,13-15,19H,8,10-12H2,1-5H3. The van der Waals surface area contributed by atoms with E-state index in [1.165, 1.54) is 36.3 Å². The number of nitrogens with one attached hydrogen (secondary N) is 1. The Labute approximate surface area is 124 Å². The van der Waals surface area contributed by atoms with E-state index in [0.717, 1.165) is 18.4 Å². The molecule has 1 heterocycles. The van der Waals surface area contributed by atoms with E-state index in [2.05, 4.69) is 63.0 Å². The molecule has 20 heavy (non-hydrogen) atoms. The summed E-state index contributed by atoms with van der Waals surface area (Å²) in [7, 11) is 0. The molecule has 2 heteroatoms. The number of hydrogen-bond donors (Lipinski definition) is 1. The van der Waals surface area contributed by atoms with Crippen LogP contribution in [0.15, 0.2) is 18.2 Å². The van der Waals surface area contributed by atoms with Gasteiger partial charge in [0, 0.05) is 31.4 Å². The van der Waals surface area contributed by atoms with Crippen molar-refractivity contribution in [2.45, 2.75) is 53.6 Å². The highest BCUT2D eigenvalue weighted by Crippen LogP contribution is 2.29. The topological polar surface area (TPSA) is 15.3 Å². The third-order valence-corrected chi connectivity index (χ3v) is 4.19. The molecule has 0 aliphatic carbocycles. The molecule has 1 aliphatic rings. The molecular weight excluding hydrogens is 244 g/mol. The van der Waals surface area contributed by atoms with Crippen LogP contribution in [-0.2, 0) is 6.54 Å². The summed E-state index contributed by atoms with van der Waals surface area (Å²) in [5.41, 5.74) is 4.23. The molecule has 0 amide bonds. The van der Waals surface area contributed by atoms with Crippen molar-refractivity contribution in [2.24, 2.45) is 11.8 Å². The summed E-state index contributed by atoms with van der Waals surface area (Å²) in [5.74, 6) is 1.61. The molecule has 1 aromatic carbocycles. The third-order valence-electron chi connectivity index (χ3n) is 4.19. The number of hydrogen-bond acceptors (Lipinski definition) is 2. The molecule has 1 fully saturated rings. The number of piperidine rings is 1. The molecule has 1 aromatic rings. The van der Waals surface area contributed by atoms with Gasteiger partial charge in [0.05, 0.1) is 0 Å². The maximum Gasteiger partial charge on any atom is 0.0396 e. The first-order valence-electron chi connectivity index (χ1n) is 8.03. The number of rotatable bonds is 4. The minimum Gasteiger partial charge on any atom is -0.371 e. The molecule has 1 N–H and O–H groups in total. The Morgan fingerprint density at radius 3 is 2.40 bits per heavy atom. The van der Waals surface area contributed by atoms with E-state index in [4.69, 9.17) is 0 Å². The largest absolute Gasteiger partial charge is 0.371 e. The van der Waals surface area contributed by atoms with E-state index in [1.807, 2.05) is 0 Å². The van der Waals surface area contributed by atoms with Crippen LogP contribution in [0.4, 0.5) is 5.69 Å². The summed E-state index contributed by atoms with van der Waals surface area (Å²) in [6.45, 7) is 14.8. The van der Waals surface area contributed by atoms with E-state index >= 15 is 0 Å². The maximum absolute atomic E-state index is 3.49.